The van der Waals surface area contributed by atoms with Crippen molar-refractivity contribution in [3.05, 3.63) is 23.9 Å². The summed E-state index contributed by atoms with van der Waals surface area (Å²) in [6.45, 7) is 3.94. The molecule has 0 unspecified atom stereocenters. The number of nitrogens with zero attached hydrogens (tertiary/aromatic N) is 2. The molecule has 0 radical (unpaired) electrons. The highest BCUT2D eigenvalue weighted by molar-refractivity contribution is 7.92. The fourth-order valence-electron chi connectivity index (χ4n) is 1.12. The predicted molar refractivity (Wildman–Crippen MR) is 65.8 cm³/mol. The van der Waals surface area contributed by atoms with Crippen molar-refractivity contribution in [3.63, 3.8) is 0 Å². The average Bonchev–Trinajstić information content (AvgIpc) is 2.27. The summed E-state index contributed by atoms with van der Waals surface area (Å²) in [4.78, 5) is 3.85. The first kappa shape index (κ1) is 13.5. The van der Waals surface area contributed by atoms with Gasteiger partial charge in [0.2, 0.25) is 10.0 Å². The van der Waals surface area contributed by atoms with Crippen LogP contribution in [0.2, 0.25) is 0 Å². The third-order valence-electron chi connectivity index (χ3n) is 2.12. The van der Waals surface area contributed by atoms with Crippen molar-refractivity contribution >= 4 is 15.8 Å². The molecule has 92 valence electrons. The Morgan fingerprint density at radius 2 is 2.18 bits per heavy atom. The van der Waals surface area contributed by atoms with Gasteiger partial charge in [-0.1, -0.05) is 13.8 Å². The van der Waals surface area contributed by atoms with Gasteiger partial charge in [0.05, 0.1) is 11.3 Å². The summed E-state index contributed by atoms with van der Waals surface area (Å²) in [6, 6.07) is 4.92. The Morgan fingerprint density at radius 3 is 2.65 bits per heavy atom. The van der Waals surface area contributed by atoms with E-state index in [-0.39, 0.29) is 11.6 Å². The predicted octanol–water partition coefficient (Wildman–Crippen LogP) is 1.74. The molecule has 17 heavy (non-hydrogen) atoms. The van der Waals surface area contributed by atoms with Crippen molar-refractivity contribution in [1.29, 1.82) is 5.26 Å². The van der Waals surface area contributed by atoms with Crippen molar-refractivity contribution in [3.8, 4) is 6.07 Å². The normalized spacial score (nSPS) is 11.2. The van der Waals surface area contributed by atoms with Gasteiger partial charge in [0, 0.05) is 6.20 Å². The zero-order chi connectivity index (χ0) is 12.9. The van der Waals surface area contributed by atoms with E-state index in [2.05, 4.69) is 9.71 Å². The van der Waals surface area contributed by atoms with E-state index in [0.717, 1.165) is 0 Å². The lowest BCUT2D eigenvalue weighted by atomic mass is 10.2. The third kappa shape index (κ3) is 4.83. The van der Waals surface area contributed by atoms with Crippen LogP contribution in [0.5, 0.6) is 0 Å². The van der Waals surface area contributed by atoms with E-state index in [0.29, 0.717) is 17.9 Å². The number of sulfonamides is 1. The number of nitrogens with one attached hydrogen (secondary N) is 1. The molecule has 0 aliphatic rings. The third-order valence-corrected chi connectivity index (χ3v) is 3.41. The van der Waals surface area contributed by atoms with Gasteiger partial charge in [-0.2, -0.15) is 5.26 Å². The lowest BCUT2D eigenvalue weighted by molar-refractivity contribution is 0.578. The Morgan fingerprint density at radius 1 is 1.47 bits per heavy atom. The van der Waals surface area contributed by atoms with Gasteiger partial charge in [0.1, 0.15) is 11.9 Å². The van der Waals surface area contributed by atoms with E-state index in [1.807, 2.05) is 19.9 Å². The summed E-state index contributed by atoms with van der Waals surface area (Å²) in [6.07, 6.45) is 1.94. The summed E-state index contributed by atoms with van der Waals surface area (Å²) in [5.41, 5.74) is 0.398. The van der Waals surface area contributed by atoms with E-state index < -0.39 is 10.0 Å². The molecule has 0 aliphatic carbocycles. The summed E-state index contributed by atoms with van der Waals surface area (Å²) in [5, 5.41) is 8.58. The molecule has 0 bridgehead atoms. The molecule has 0 atom stereocenters. The van der Waals surface area contributed by atoms with Gasteiger partial charge in [-0.15, -0.1) is 0 Å². The van der Waals surface area contributed by atoms with Crippen LogP contribution in [0.1, 0.15) is 25.8 Å². The second-order valence-electron chi connectivity index (χ2n) is 4.15. The summed E-state index contributed by atoms with van der Waals surface area (Å²) < 4.78 is 25.7. The lowest BCUT2D eigenvalue weighted by Crippen LogP contribution is -2.18. The summed E-state index contributed by atoms with van der Waals surface area (Å²) in [7, 11) is -3.34. The van der Waals surface area contributed by atoms with Crippen molar-refractivity contribution < 1.29 is 8.42 Å². The molecule has 0 saturated carbocycles. The highest BCUT2D eigenvalue weighted by atomic mass is 32.2. The molecule has 1 aromatic rings. The van der Waals surface area contributed by atoms with Gasteiger partial charge in [-0.3, -0.25) is 4.72 Å². The SMILES string of the molecule is CC(C)CCS(=O)(=O)Nc1ccc(C#N)cn1. The minimum Gasteiger partial charge on any atom is -0.267 e. The number of pyridine rings is 1. The van der Waals surface area contributed by atoms with E-state index >= 15 is 0 Å². The van der Waals surface area contributed by atoms with Crippen LogP contribution in [0, 0.1) is 17.2 Å². The molecular weight excluding hydrogens is 238 g/mol. The largest absolute Gasteiger partial charge is 0.267 e. The zero-order valence-corrected chi connectivity index (χ0v) is 10.7. The van der Waals surface area contributed by atoms with E-state index in [9.17, 15) is 8.42 Å². The van der Waals surface area contributed by atoms with E-state index in [1.54, 1.807) is 0 Å². The number of anilines is 1. The molecule has 6 heteroatoms. The maximum atomic E-state index is 11.6. The molecule has 1 aromatic heterocycles. The number of hydrogen-bond acceptors (Lipinski definition) is 4. The first-order chi connectivity index (χ1) is 7.93. The molecule has 0 fully saturated rings. The molecule has 0 spiro atoms. The Labute approximate surface area is 102 Å². The van der Waals surface area contributed by atoms with Gasteiger partial charge >= 0.3 is 0 Å². The van der Waals surface area contributed by atoms with Gasteiger partial charge in [0.25, 0.3) is 0 Å². The van der Waals surface area contributed by atoms with Gasteiger partial charge in [-0.05, 0) is 24.5 Å². The molecule has 0 saturated heterocycles. The smallest absolute Gasteiger partial charge is 0.233 e. The van der Waals surface area contributed by atoms with Gasteiger partial charge in [-0.25, -0.2) is 13.4 Å². The average molecular weight is 253 g/mol. The van der Waals surface area contributed by atoms with E-state index in [1.165, 1.54) is 18.3 Å². The zero-order valence-electron chi connectivity index (χ0n) is 9.84. The van der Waals surface area contributed by atoms with Crippen LogP contribution in [-0.2, 0) is 10.0 Å². The topological polar surface area (TPSA) is 82.9 Å². The number of aromatic nitrogens is 1. The Kier molecular flexibility index (Phi) is 4.46. The molecular formula is C11H15N3O2S. The fraction of sp³-hybridized carbons (Fsp3) is 0.455. The van der Waals surface area contributed by atoms with Gasteiger partial charge < -0.3 is 0 Å². The Hall–Kier alpha value is -1.61. The standard InChI is InChI=1S/C11H15N3O2S/c1-9(2)5-6-17(15,16)14-11-4-3-10(7-12)8-13-11/h3-4,8-9H,5-6H2,1-2H3,(H,13,14). The van der Waals surface area contributed by atoms with Gasteiger partial charge in [0.15, 0.2) is 0 Å². The fourth-order valence-corrected chi connectivity index (χ4v) is 2.44. The molecule has 1 heterocycles. The number of nitriles is 1. The maximum absolute atomic E-state index is 11.6. The molecule has 0 aliphatic heterocycles. The maximum Gasteiger partial charge on any atom is 0.233 e. The van der Waals surface area contributed by atoms with Crippen LogP contribution in [-0.4, -0.2) is 19.2 Å². The number of rotatable bonds is 5. The first-order valence-corrected chi connectivity index (χ1v) is 6.95. The minimum absolute atomic E-state index is 0.0757. The molecule has 0 aromatic carbocycles. The van der Waals surface area contributed by atoms with Crippen LogP contribution in [0.25, 0.3) is 0 Å². The van der Waals surface area contributed by atoms with Crippen molar-refractivity contribution in [2.45, 2.75) is 20.3 Å². The van der Waals surface area contributed by atoms with Crippen LogP contribution in [0.15, 0.2) is 18.3 Å². The van der Waals surface area contributed by atoms with Crippen molar-refractivity contribution in [2.75, 3.05) is 10.5 Å². The van der Waals surface area contributed by atoms with Crippen LogP contribution < -0.4 is 4.72 Å². The van der Waals surface area contributed by atoms with Crippen molar-refractivity contribution in [2.24, 2.45) is 5.92 Å². The second-order valence-corrected chi connectivity index (χ2v) is 5.99. The molecule has 1 rings (SSSR count). The summed E-state index contributed by atoms with van der Waals surface area (Å²) >= 11 is 0. The van der Waals surface area contributed by atoms with Crippen LogP contribution >= 0.6 is 0 Å². The van der Waals surface area contributed by atoms with Crippen molar-refractivity contribution in [1.82, 2.24) is 4.98 Å². The highest BCUT2D eigenvalue weighted by Crippen LogP contribution is 2.09. The molecule has 0 amide bonds. The van der Waals surface area contributed by atoms with Crippen LogP contribution in [0.4, 0.5) is 5.82 Å². The first-order valence-electron chi connectivity index (χ1n) is 5.29. The number of hydrogen-bond donors (Lipinski definition) is 1. The molecule has 1 N–H and O–H groups in total. The highest BCUT2D eigenvalue weighted by Gasteiger charge is 2.11. The quantitative estimate of drug-likeness (QED) is 0.866. The minimum atomic E-state index is -3.34. The molecule has 5 nitrogen and oxygen atoms in total. The second kappa shape index (κ2) is 5.64. The Bertz CT molecular complexity index is 501. The van der Waals surface area contributed by atoms with E-state index in [4.69, 9.17) is 5.26 Å². The Balaban J connectivity index is 2.67. The lowest BCUT2D eigenvalue weighted by Gasteiger charge is -2.08. The monoisotopic (exact) mass is 253 g/mol. The summed E-state index contributed by atoms with van der Waals surface area (Å²) in [5.74, 6) is 0.653. The van der Waals surface area contributed by atoms with Crippen LogP contribution in [0.3, 0.4) is 0 Å².